The number of halogens is 1. The lowest BCUT2D eigenvalue weighted by Gasteiger charge is -2.31. The zero-order valence-electron chi connectivity index (χ0n) is 11.4. The van der Waals surface area contributed by atoms with Crippen molar-refractivity contribution in [1.82, 2.24) is 4.90 Å². The van der Waals surface area contributed by atoms with E-state index in [0.717, 1.165) is 18.4 Å². The van der Waals surface area contributed by atoms with Crippen LogP contribution in [0.1, 0.15) is 31.4 Å². The van der Waals surface area contributed by atoms with Crippen LogP contribution < -0.4 is 5.73 Å². The number of carbonyl (C=O) groups is 1. The molecule has 0 aliphatic carbocycles. The van der Waals surface area contributed by atoms with E-state index in [2.05, 4.69) is 6.07 Å². The van der Waals surface area contributed by atoms with Crippen LogP contribution in [0, 0.1) is 17.2 Å². The Bertz CT molecular complexity index is 540. The van der Waals surface area contributed by atoms with E-state index in [1.807, 2.05) is 31.2 Å². The molecule has 3 unspecified atom stereocenters. The molecule has 0 saturated carbocycles. The minimum absolute atomic E-state index is 0.0360. The Morgan fingerprint density at radius 1 is 1.60 bits per heavy atom. The average Bonchev–Trinajstić information content (AvgIpc) is 2.90. The largest absolute Gasteiger partial charge is 0.330 e. The van der Waals surface area contributed by atoms with E-state index in [9.17, 15) is 4.79 Å². The smallest absolute Gasteiger partial charge is 0.237 e. The maximum Gasteiger partial charge on any atom is 0.237 e. The van der Waals surface area contributed by atoms with Crippen LogP contribution in [0.2, 0.25) is 5.02 Å². The molecule has 1 aromatic rings. The zero-order chi connectivity index (χ0) is 14.7. The van der Waals surface area contributed by atoms with Gasteiger partial charge in [0.2, 0.25) is 5.91 Å². The first-order valence-electron chi connectivity index (χ1n) is 6.74. The van der Waals surface area contributed by atoms with Crippen molar-refractivity contribution in [3.63, 3.8) is 0 Å². The maximum atomic E-state index is 12.2. The van der Waals surface area contributed by atoms with Crippen LogP contribution in [0.15, 0.2) is 24.3 Å². The number of hydrogen-bond donors (Lipinski definition) is 1. The summed E-state index contributed by atoms with van der Waals surface area (Å²) in [6.07, 6.45) is 1.65. The van der Waals surface area contributed by atoms with Crippen LogP contribution >= 0.6 is 11.6 Å². The number of carbonyl (C=O) groups excluding carboxylic acids is 1. The lowest BCUT2D eigenvalue weighted by Crippen LogP contribution is -2.43. The molecule has 3 atom stereocenters. The predicted octanol–water partition coefficient (Wildman–Crippen LogP) is 2.49. The number of rotatable bonds is 3. The first-order valence-corrected chi connectivity index (χ1v) is 7.12. The maximum absolute atomic E-state index is 12.2. The second-order valence-electron chi connectivity index (χ2n) is 5.14. The minimum atomic E-state index is -0.199. The molecule has 0 radical (unpaired) electrons. The van der Waals surface area contributed by atoms with Crippen molar-refractivity contribution >= 4 is 17.5 Å². The van der Waals surface area contributed by atoms with Crippen LogP contribution in [0.5, 0.6) is 0 Å². The Hall–Kier alpha value is -1.57. The molecule has 0 spiro atoms. The van der Waals surface area contributed by atoms with E-state index in [0.29, 0.717) is 5.02 Å². The third-order valence-corrected chi connectivity index (χ3v) is 4.14. The van der Waals surface area contributed by atoms with Crippen molar-refractivity contribution in [2.75, 3.05) is 6.54 Å². The van der Waals surface area contributed by atoms with Crippen molar-refractivity contribution in [3.05, 3.63) is 34.9 Å². The summed E-state index contributed by atoms with van der Waals surface area (Å²) >= 11 is 6.03. The van der Waals surface area contributed by atoms with Crippen molar-refractivity contribution in [1.29, 1.82) is 5.26 Å². The summed E-state index contributed by atoms with van der Waals surface area (Å²) in [4.78, 5) is 13.9. The summed E-state index contributed by atoms with van der Waals surface area (Å²) in [6.45, 7) is 1.81. The summed E-state index contributed by atoms with van der Waals surface area (Å²) in [6, 6.07) is 9.66. The highest BCUT2D eigenvalue weighted by Crippen LogP contribution is 2.39. The molecule has 4 nitrogen and oxygen atoms in total. The molecule has 2 N–H and O–H groups in total. The molecule has 106 valence electrons. The zero-order valence-corrected chi connectivity index (χ0v) is 12.2. The van der Waals surface area contributed by atoms with E-state index in [4.69, 9.17) is 22.6 Å². The first-order chi connectivity index (χ1) is 9.58. The molecule has 1 fully saturated rings. The normalized spacial score (nSPS) is 23.4. The summed E-state index contributed by atoms with van der Waals surface area (Å²) < 4.78 is 0. The quantitative estimate of drug-likeness (QED) is 0.930. The molecule has 1 saturated heterocycles. The summed E-state index contributed by atoms with van der Waals surface area (Å²) in [7, 11) is 0. The van der Waals surface area contributed by atoms with E-state index in [-0.39, 0.29) is 30.5 Å². The highest BCUT2D eigenvalue weighted by atomic mass is 35.5. The van der Waals surface area contributed by atoms with Gasteiger partial charge in [-0.3, -0.25) is 4.79 Å². The summed E-state index contributed by atoms with van der Waals surface area (Å²) in [5.74, 6) is -0.311. The monoisotopic (exact) mass is 291 g/mol. The van der Waals surface area contributed by atoms with Gasteiger partial charge in [-0.05, 0) is 37.5 Å². The van der Waals surface area contributed by atoms with Gasteiger partial charge in [-0.25, -0.2) is 0 Å². The fourth-order valence-corrected chi connectivity index (χ4v) is 3.12. The molecule has 1 aromatic carbocycles. The molecule has 1 aliphatic rings. The highest BCUT2D eigenvalue weighted by molar-refractivity contribution is 6.30. The predicted molar refractivity (Wildman–Crippen MR) is 77.9 cm³/mol. The van der Waals surface area contributed by atoms with Gasteiger partial charge in [0.15, 0.2) is 0 Å². The van der Waals surface area contributed by atoms with Crippen LogP contribution in [-0.4, -0.2) is 23.4 Å². The minimum Gasteiger partial charge on any atom is -0.330 e. The SMILES string of the molecule is CC(C#N)C1CCC(c2cccc(Cl)c2)N1C(=O)CN. The Balaban J connectivity index is 2.33. The molecule has 20 heavy (non-hydrogen) atoms. The number of likely N-dealkylation sites (tertiary alicyclic amines) is 1. The van der Waals surface area contributed by atoms with Gasteiger partial charge in [0.05, 0.1) is 24.6 Å². The molecule has 5 heteroatoms. The molecular formula is C15H18ClN3O. The van der Waals surface area contributed by atoms with Crippen LogP contribution in [-0.2, 0) is 4.79 Å². The van der Waals surface area contributed by atoms with E-state index < -0.39 is 0 Å². The van der Waals surface area contributed by atoms with Crippen LogP contribution in [0.4, 0.5) is 0 Å². The molecular weight excluding hydrogens is 274 g/mol. The Kier molecular flexibility index (Phi) is 4.64. The lowest BCUT2D eigenvalue weighted by atomic mass is 10.0. The standard InChI is InChI=1S/C15H18ClN3O/c1-10(8-17)13-5-6-14(19(13)15(20)9-18)11-3-2-4-12(16)7-11/h2-4,7,10,13-14H,5-6,9,18H2,1H3. The van der Waals surface area contributed by atoms with E-state index >= 15 is 0 Å². The molecule has 1 amide bonds. The van der Waals surface area contributed by atoms with Crippen molar-refractivity contribution < 1.29 is 4.79 Å². The second-order valence-corrected chi connectivity index (χ2v) is 5.57. The van der Waals surface area contributed by atoms with Gasteiger partial charge in [-0.2, -0.15) is 5.26 Å². The number of nitrogens with zero attached hydrogens (tertiary/aromatic N) is 2. The Morgan fingerprint density at radius 3 is 2.95 bits per heavy atom. The molecule has 2 rings (SSSR count). The number of nitrogens with two attached hydrogens (primary N) is 1. The molecule has 1 heterocycles. The van der Waals surface area contributed by atoms with Gasteiger partial charge in [0.25, 0.3) is 0 Å². The van der Waals surface area contributed by atoms with Gasteiger partial charge in [0.1, 0.15) is 0 Å². The average molecular weight is 292 g/mol. The van der Waals surface area contributed by atoms with Gasteiger partial charge in [-0.1, -0.05) is 23.7 Å². The number of hydrogen-bond acceptors (Lipinski definition) is 3. The van der Waals surface area contributed by atoms with E-state index in [1.54, 1.807) is 4.90 Å². The Morgan fingerprint density at radius 2 is 2.35 bits per heavy atom. The first kappa shape index (κ1) is 14.8. The van der Waals surface area contributed by atoms with Gasteiger partial charge in [0, 0.05) is 11.1 Å². The number of benzene rings is 1. The van der Waals surface area contributed by atoms with E-state index in [1.165, 1.54) is 0 Å². The van der Waals surface area contributed by atoms with Gasteiger partial charge < -0.3 is 10.6 Å². The Labute approximate surface area is 124 Å². The molecule has 0 bridgehead atoms. The third-order valence-electron chi connectivity index (χ3n) is 3.91. The fraction of sp³-hybridized carbons (Fsp3) is 0.467. The third kappa shape index (κ3) is 2.79. The van der Waals surface area contributed by atoms with Crippen molar-refractivity contribution in [2.45, 2.75) is 31.8 Å². The molecule has 0 aromatic heterocycles. The topological polar surface area (TPSA) is 70.1 Å². The molecule has 1 aliphatic heterocycles. The second kappa shape index (κ2) is 6.25. The highest BCUT2D eigenvalue weighted by Gasteiger charge is 2.39. The van der Waals surface area contributed by atoms with Crippen LogP contribution in [0.3, 0.4) is 0 Å². The lowest BCUT2D eigenvalue weighted by molar-refractivity contribution is -0.133. The number of amides is 1. The summed E-state index contributed by atoms with van der Waals surface area (Å²) in [5.41, 5.74) is 6.53. The fourth-order valence-electron chi connectivity index (χ4n) is 2.92. The van der Waals surface area contributed by atoms with Crippen LogP contribution in [0.25, 0.3) is 0 Å². The van der Waals surface area contributed by atoms with Gasteiger partial charge >= 0.3 is 0 Å². The number of nitriles is 1. The van der Waals surface area contributed by atoms with Crippen molar-refractivity contribution in [2.24, 2.45) is 11.7 Å². The van der Waals surface area contributed by atoms with Gasteiger partial charge in [-0.15, -0.1) is 0 Å². The summed E-state index contributed by atoms with van der Waals surface area (Å²) in [5, 5.41) is 9.78. The van der Waals surface area contributed by atoms with Crippen molar-refractivity contribution in [3.8, 4) is 6.07 Å².